The summed E-state index contributed by atoms with van der Waals surface area (Å²) in [6.07, 6.45) is 10.2. The Morgan fingerprint density at radius 2 is 1.97 bits per heavy atom. The van der Waals surface area contributed by atoms with Gasteiger partial charge in [-0.05, 0) is 69.3 Å². The van der Waals surface area contributed by atoms with Crippen molar-refractivity contribution in [1.82, 2.24) is 10.2 Å². The van der Waals surface area contributed by atoms with Crippen molar-refractivity contribution in [2.24, 2.45) is 10.4 Å². The van der Waals surface area contributed by atoms with Gasteiger partial charge in [-0.3, -0.25) is 4.99 Å². The molecule has 2 heterocycles. The van der Waals surface area contributed by atoms with Gasteiger partial charge in [-0.1, -0.05) is 30.3 Å². The first-order valence-corrected chi connectivity index (χ1v) is 12.1. The lowest BCUT2D eigenvalue weighted by Gasteiger charge is -2.35. The first-order chi connectivity index (χ1) is 14.8. The van der Waals surface area contributed by atoms with Crippen molar-refractivity contribution in [3.05, 3.63) is 35.9 Å². The van der Waals surface area contributed by atoms with Crippen LogP contribution in [-0.4, -0.2) is 62.5 Å². The highest BCUT2D eigenvalue weighted by atomic mass is 16.5. The number of nitrogens with one attached hydrogen (secondary N) is 1. The molecule has 1 saturated carbocycles. The second kappa shape index (κ2) is 10.6. The molecule has 0 spiro atoms. The Morgan fingerprint density at radius 3 is 2.63 bits per heavy atom. The number of benzene rings is 1. The number of ether oxygens (including phenoxy) is 2. The molecular weight excluding hydrogens is 374 g/mol. The number of nitrogens with zero attached hydrogens (tertiary/aromatic N) is 2. The molecule has 3 aliphatic rings. The number of piperidine rings is 1. The fourth-order valence-electron chi connectivity index (χ4n) is 4.68. The highest BCUT2D eigenvalue weighted by molar-refractivity contribution is 5.80. The average Bonchev–Trinajstić information content (AvgIpc) is 3.56. The molecule has 0 aromatic heterocycles. The molecule has 3 fully saturated rings. The number of guanidine groups is 1. The van der Waals surface area contributed by atoms with Crippen LogP contribution in [0.1, 0.15) is 57.4 Å². The highest BCUT2D eigenvalue weighted by Crippen LogP contribution is 2.48. The quantitative estimate of drug-likeness (QED) is 0.516. The Morgan fingerprint density at radius 1 is 1.17 bits per heavy atom. The van der Waals surface area contributed by atoms with Gasteiger partial charge >= 0.3 is 0 Å². The van der Waals surface area contributed by atoms with Crippen LogP contribution in [0, 0.1) is 5.41 Å². The summed E-state index contributed by atoms with van der Waals surface area (Å²) in [7, 11) is 0. The lowest BCUT2D eigenvalue weighted by atomic mass is 9.97. The second-order valence-corrected chi connectivity index (χ2v) is 9.34. The Kier molecular flexibility index (Phi) is 7.67. The summed E-state index contributed by atoms with van der Waals surface area (Å²) in [4.78, 5) is 7.51. The molecule has 4 rings (SSSR count). The zero-order valence-electron chi connectivity index (χ0n) is 18.7. The van der Waals surface area contributed by atoms with Gasteiger partial charge in [0.25, 0.3) is 0 Å². The largest absolute Gasteiger partial charge is 0.376 e. The summed E-state index contributed by atoms with van der Waals surface area (Å²) in [6, 6.07) is 10.9. The van der Waals surface area contributed by atoms with Crippen LogP contribution in [0.2, 0.25) is 0 Å². The lowest BCUT2D eigenvalue weighted by molar-refractivity contribution is -0.0721. The number of likely N-dealkylation sites (tertiary alicyclic amines) is 1. The third kappa shape index (κ3) is 6.21. The van der Waals surface area contributed by atoms with E-state index in [9.17, 15) is 0 Å². The zero-order chi connectivity index (χ0) is 20.7. The molecule has 0 bridgehead atoms. The van der Waals surface area contributed by atoms with Crippen LogP contribution >= 0.6 is 0 Å². The molecule has 1 unspecified atom stereocenters. The lowest BCUT2D eigenvalue weighted by Crippen LogP contribution is -2.47. The SMILES string of the molecule is CCNC(=NCC1(Cc2ccccc2)CC1)N1CCC(OCC2CCCCO2)CC1. The topological polar surface area (TPSA) is 46.1 Å². The van der Waals surface area contributed by atoms with Crippen molar-refractivity contribution < 1.29 is 9.47 Å². The van der Waals surface area contributed by atoms with Crippen LogP contribution in [0.25, 0.3) is 0 Å². The van der Waals surface area contributed by atoms with E-state index in [-0.39, 0.29) is 0 Å². The van der Waals surface area contributed by atoms with Crippen molar-refractivity contribution >= 4 is 5.96 Å². The zero-order valence-corrected chi connectivity index (χ0v) is 18.7. The van der Waals surface area contributed by atoms with E-state index in [2.05, 4.69) is 47.5 Å². The Hall–Kier alpha value is -1.59. The standard InChI is InChI=1S/C25H39N3O2/c1-2-26-24(27-20-25(13-14-25)18-21-8-4-3-5-9-21)28-15-11-22(12-16-28)30-19-23-10-6-7-17-29-23/h3-5,8-9,22-23H,2,6-7,10-20H2,1H3,(H,26,27). The third-order valence-corrected chi connectivity index (χ3v) is 6.81. The summed E-state index contributed by atoms with van der Waals surface area (Å²) in [5.41, 5.74) is 1.82. The van der Waals surface area contributed by atoms with Crippen molar-refractivity contribution in [2.45, 2.75) is 70.5 Å². The maximum atomic E-state index is 6.19. The number of rotatable bonds is 8. The van der Waals surface area contributed by atoms with Crippen molar-refractivity contribution in [1.29, 1.82) is 0 Å². The summed E-state index contributed by atoms with van der Waals surface area (Å²) in [5, 5.41) is 3.53. The minimum atomic E-state index is 0.315. The van der Waals surface area contributed by atoms with Crippen LogP contribution in [0.4, 0.5) is 0 Å². The van der Waals surface area contributed by atoms with E-state index >= 15 is 0 Å². The van der Waals surface area contributed by atoms with Gasteiger partial charge in [-0.15, -0.1) is 0 Å². The minimum Gasteiger partial charge on any atom is -0.376 e. The van der Waals surface area contributed by atoms with Gasteiger partial charge in [-0.25, -0.2) is 0 Å². The van der Waals surface area contributed by atoms with Gasteiger partial charge in [0.1, 0.15) is 0 Å². The van der Waals surface area contributed by atoms with Gasteiger partial charge < -0.3 is 19.7 Å². The Balaban J connectivity index is 1.25. The van der Waals surface area contributed by atoms with Gasteiger partial charge in [0.2, 0.25) is 0 Å². The normalized spacial score (nSPS) is 24.6. The summed E-state index contributed by atoms with van der Waals surface area (Å²) in [6.45, 7) is 7.72. The van der Waals surface area contributed by atoms with Crippen LogP contribution in [0.5, 0.6) is 0 Å². The van der Waals surface area contributed by atoms with Gasteiger partial charge in [0, 0.05) is 32.8 Å². The van der Waals surface area contributed by atoms with E-state index in [4.69, 9.17) is 14.5 Å². The van der Waals surface area contributed by atoms with E-state index in [1.54, 1.807) is 0 Å². The maximum Gasteiger partial charge on any atom is 0.193 e. The summed E-state index contributed by atoms with van der Waals surface area (Å²) in [5.74, 6) is 1.09. The molecule has 5 nitrogen and oxygen atoms in total. The van der Waals surface area contributed by atoms with E-state index in [1.165, 1.54) is 31.2 Å². The molecule has 1 atom stereocenters. The fraction of sp³-hybridized carbons (Fsp3) is 0.720. The minimum absolute atomic E-state index is 0.315. The van der Waals surface area contributed by atoms with Crippen molar-refractivity contribution in [3.63, 3.8) is 0 Å². The van der Waals surface area contributed by atoms with Gasteiger partial charge in [-0.2, -0.15) is 0 Å². The van der Waals surface area contributed by atoms with Gasteiger partial charge in [0.05, 0.1) is 18.8 Å². The van der Waals surface area contributed by atoms with Crippen molar-refractivity contribution in [2.75, 3.05) is 39.4 Å². The maximum absolute atomic E-state index is 6.19. The monoisotopic (exact) mass is 413 g/mol. The van der Waals surface area contributed by atoms with E-state index in [0.29, 0.717) is 17.6 Å². The van der Waals surface area contributed by atoms with E-state index in [1.807, 2.05) is 0 Å². The molecule has 1 aromatic carbocycles. The molecule has 0 amide bonds. The molecule has 1 aromatic rings. The molecule has 0 radical (unpaired) electrons. The summed E-state index contributed by atoms with van der Waals surface area (Å²) < 4.78 is 12.0. The first-order valence-electron chi connectivity index (χ1n) is 12.1. The number of hydrogen-bond acceptors (Lipinski definition) is 3. The van der Waals surface area contributed by atoms with Gasteiger partial charge in [0.15, 0.2) is 5.96 Å². The fourth-order valence-corrected chi connectivity index (χ4v) is 4.68. The smallest absolute Gasteiger partial charge is 0.193 e. The number of hydrogen-bond donors (Lipinski definition) is 1. The molecule has 5 heteroatoms. The first kappa shape index (κ1) is 21.6. The molecular formula is C25H39N3O2. The van der Waals surface area contributed by atoms with Crippen molar-refractivity contribution in [3.8, 4) is 0 Å². The molecule has 2 saturated heterocycles. The molecule has 30 heavy (non-hydrogen) atoms. The van der Waals surface area contributed by atoms with Crippen LogP contribution in [0.3, 0.4) is 0 Å². The highest BCUT2D eigenvalue weighted by Gasteiger charge is 2.42. The third-order valence-electron chi connectivity index (χ3n) is 6.81. The predicted molar refractivity (Wildman–Crippen MR) is 122 cm³/mol. The van der Waals surface area contributed by atoms with Crippen LogP contribution in [-0.2, 0) is 15.9 Å². The van der Waals surface area contributed by atoms with Crippen LogP contribution in [0.15, 0.2) is 35.3 Å². The summed E-state index contributed by atoms with van der Waals surface area (Å²) >= 11 is 0. The number of aliphatic imine (C=N–C) groups is 1. The molecule has 1 aliphatic carbocycles. The molecule has 166 valence electrons. The molecule has 1 N–H and O–H groups in total. The van der Waals surface area contributed by atoms with E-state index in [0.717, 1.165) is 71.0 Å². The van der Waals surface area contributed by atoms with E-state index < -0.39 is 0 Å². The average molecular weight is 414 g/mol. The Labute approximate surface area is 182 Å². The predicted octanol–water partition coefficient (Wildman–Crippen LogP) is 4.02. The Bertz CT molecular complexity index is 660. The second-order valence-electron chi connectivity index (χ2n) is 9.34. The van der Waals surface area contributed by atoms with Crippen LogP contribution < -0.4 is 5.32 Å². The molecule has 2 aliphatic heterocycles.